The highest BCUT2D eigenvalue weighted by Crippen LogP contribution is 2.22. The molecule has 0 atom stereocenters. The first kappa shape index (κ1) is 12.0. The van der Waals surface area contributed by atoms with Crippen LogP contribution in [-0.2, 0) is 7.05 Å². The minimum Gasteiger partial charge on any atom is -0.343 e. The molecule has 0 unspecified atom stereocenters. The molecule has 2 aromatic rings. The van der Waals surface area contributed by atoms with E-state index in [1.54, 1.807) is 4.68 Å². The van der Waals surface area contributed by atoms with E-state index in [4.69, 9.17) is 12.2 Å². The molecule has 0 aliphatic rings. The molecule has 0 saturated heterocycles. The normalized spacial score (nSPS) is 11.1. The van der Waals surface area contributed by atoms with E-state index in [0.29, 0.717) is 10.6 Å². The van der Waals surface area contributed by atoms with E-state index in [2.05, 4.69) is 28.9 Å². The molecular formula is C12H16N4S. The first-order valence-corrected chi connectivity index (χ1v) is 5.99. The van der Waals surface area contributed by atoms with Gasteiger partial charge in [-0.15, -0.1) is 0 Å². The zero-order chi connectivity index (χ0) is 12.6. The van der Waals surface area contributed by atoms with Gasteiger partial charge in [-0.3, -0.25) is 4.68 Å². The molecule has 90 valence electrons. The Labute approximate surface area is 106 Å². The van der Waals surface area contributed by atoms with E-state index in [0.717, 1.165) is 22.6 Å². The number of aromatic amines is 1. The van der Waals surface area contributed by atoms with Gasteiger partial charge < -0.3 is 4.98 Å². The number of nitrogens with one attached hydrogen (secondary N) is 1. The van der Waals surface area contributed by atoms with Crippen LogP contribution < -0.4 is 0 Å². The fraction of sp³-hybridized carbons (Fsp3) is 0.417. The van der Waals surface area contributed by atoms with Crippen molar-refractivity contribution in [2.45, 2.75) is 26.7 Å². The minimum absolute atomic E-state index is 0.327. The van der Waals surface area contributed by atoms with Crippen LogP contribution in [-0.4, -0.2) is 19.7 Å². The molecule has 2 heterocycles. The van der Waals surface area contributed by atoms with Gasteiger partial charge in [-0.1, -0.05) is 26.1 Å². The van der Waals surface area contributed by atoms with Crippen molar-refractivity contribution < 1.29 is 0 Å². The van der Waals surface area contributed by atoms with Gasteiger partial charge in [0.15, 0.2) is 0 Å². The molecule has 2 rings (SSSR count). The van der Waals surface area contributed by atoms with Gasteiger partial charge in [0.25, 0.3) is 0 Å². The van der Waals surface area contributed by atoms with E-state index in [1.807, 2.05) is 26.4 Å². The lowest BCUT2D eigenvalue weighted by Crippen LogP contribution is -2.01. The Balaban J connectivity index is 2.64. The van der Waals surface area contributed by atoms with Crippen molar-refractivity contribution in [2.24, 2.45) is 7.05 Å². The molecule has 0 saturated carbocycles. The Kier molecular flexibility index (Phi) is 3.11. The maximum Gasteiger partial charge on any atom is 0.133 e. The van der Waals surface area contributed by atoms with Crippen LogP contribution in [0.3, 0.4) is 0 Å². The monoisotopic (exact) mass is 248 g/mol. The average molecular weight is 248 g/mol. The van der Waals surface area contributed by atoms with Crippen molar-refractivity contribution in [2.75, 3.05) is 0 Å². The summed E-state index contributed by atoms with van der Waals surface area (Å²) >= 11 is 5.30. The van der Waals surface area contributed by atoms with E-state index < -0.39 is 0 Å². The number of hydrogen-bond acceptors (Lipinski definition) is 3. The highest BCUT2D eigenvalue weighted by atomic mass is 32.1. The van der Waals surface area contributed by atoms with Gasteiger partial charge >= 0.3 is 0 Å². The third-order valence-corrected chi connectivity index (χ3v) is 3.11. The third-order valence-electron chi connectivity index (χ3n) is 2.71. The molecule has 0 spiro atoms. The molecule has 5 heteroatoms. The molecular weight excluding hydrogens is 232 g/mol. The van der Waals surface area contributed by atoms with Crippen LogP contribution in [0.5, 0.6) is 0 Å². The van der Waals surface area contributed by atoms with Crippen LogP contribution in [0.1, 0.15) is 31.2 Å². The van der Waals surface area contributed by atoms with Crippen LogP contribution >= 0.6 is 12.2 Å². The number of H-pyrrole nitrogens is 1. The third kappa shape index (κ3) is 2.29. The fourth-order valence-electron chi connectivity index (χ4n) is 1.66. The molecule has 0 aromatic carbocycles. The quantitative estimate of drug-likeness (QED) is 0.831. The predicted octanol–water partition coefficient (Wildman–Crippen LogP) is 2.97. The van der Waals surface area contributed by atoms with Gasteiger partial charge in [0.05, 0.1) is 11.9 Å². The second kappa shape index (κ2) is 4.41. The van der Waals surface area contributed by atoms with E-state index in [-0.39, 0.29) is 0 Å². The van der Waals surface area contributed by atoms with Crippen LogP contribution in [0, 0.1) is 11.6 Å². The lowest BCUT2D eigenvalue weighted by molar-refractivity contribution is 0.766. The molecule has 0 bridgehead atoms. The minimum atomic E-state index is 0.327. The molecule has 0 fully saturated rings. The summed E-state index contributed by atoms with van der Waals surface area (Å²) in [5.74, 6) is 1.24. The van der Waals surface area contributed by atoms with E-state index in [1.165, 1.54) is 0 Å². The van der Waals surface area contributed by atoms with E-state index in [9.17, 15) is 0 Å². The summed E-state index contributed by atoms with van der Waals surface area (Å²) in [4.78, 5) is 7.75. The van der Waals surface area contributed by atoms with Gasteiger partial charge in [0.1, 0.15) is 10.5 Å². The Hall–Kier alpha value is -1.49. The number of aryl methyl sites for hydroxylation is 1. The number of rotatable bonds is 2. The largest absolute Gasteiger partial charge is 0.343 e. The van der Waals surface area contributed by atoms with Gasteiger partial charge in [0, 0.05) is 30.3 Å². The van der Waals surface area contributed by atoms with Crippen molar-refractivity contribution in [1.29, 1.82) is 0 Å². The van der Waals surface area contributed by atoms with Gasteiger partial charge in [-0.25, -0.2) is 4.98 Å². The summed E-state index contributed by atoms with van der Waals surface area (Å²) in [6.07, 6.45) is 3.80. The summed E-state index contributed by atoms with van der Waals surface area (Å²) in [7, 11) is 1.90. The Bertz CT molecular complexity index is 595. The van der Waals surface area contributed by atoms with Gasteiger partial charge in [-0.2, -0.15) is 5.10 Å². The first-order chi connectivity index (χ1) is 7.99. The Morgan fingerprint density at radius 2 is 2.12 bits per heavy atom. The van der Waals surface area contributed by atoms with Crippen LogP contribution in [0.15, 0.2) is 12.4 Å². The molecule has 2 aromatic heterocycles. The summed E-state index contributed by atoms with van der Waals surface area (Å²) < 4.78 is 2.44. The zero-order valence-corrected chi connectivity index (χ0v) is 11.3. The Morgan fingerprint density at radius 3 is 2.65 bits per heavy atom. The molecule has 0 aliphatic heterocycles. The summed E-state index contributed by atoms with van der Waals surface area (Å²) in [5, 5.41) is 4.18. The van der Waals surface area contributed by atoms with Gasteiger partial charge in [0.2, 0.25) is 0 Å². The molecule has 0 amide bonds. The SMILES string of the molecule is Cc1c(-c2cnn(C)c2)[nH]c(C(C)C)nc1=S. The first-order valence-electron chi connectivity index (χ1n) is 5.59. The van der Waals surface area contributed by atoms with Crippen LogP contribution in [0.25, 0.3) is 11.3 Å². The lowest BCUT2D eigenvalue weighted by atomic mass is 10.1. The van der Waals surface area contributed by atoms with Crippen LogP contribution in [0.4, 0.5) is 0 Å². The number of nitrogens with zero attached hydrogens (tertiary/aromatic N) is 3. The van der Waals surface area contributed by atoms with Crippen molar-refractivity contribution >= 4 is 12.2 Å². The van der Waals surface area contributed by atoms with Crippen molar-refractivity contribution in [3.8, 4) is 11.3 Å². The second-order valence-electron chi connectivity index (χ2n) is 4.48. The molecule has 0 aliphatic carbocycles. The highest BCUT2D eigenvalue weighted by molar-refractivity contribution is 7.71. The predicted molar refractivity (Wildman–Crippen MR) is 70.4 cm³/mol. The smallest absolute Gasteiger partial charge is 0.133 e. The summed E-state index contributed by atoms with van der Waals surface area (Å²) in [6.45, 7) is 6.17. The number of aromatic nitrogens is 4. The Morgan fingerprint density at radius 1 is 1.41 bits per heavy atom. The molecule has 0 radical (unpaired) electrons. The fourth-order valence-corrected chi connectivity index (χ4v) is 1.86. The summed E-state index contributed by atoms with van der Waals surface area (Å²) in [6, 6.07) is 0. The maximum atomic E-state index is 5.30. The summed E-state index contributed by atoms with van der Waals surface area (Å²) in [5.41, 5.74) is 3.06. The average Bonchev–Trinajstić information content (AvgIpc) is 2.68. The highest BCUT2D eigenvalue weighted by Gasteiger charge is 2.10. The van der Waals surface area contributed by atoms with Crippen LogP contribution in [0.2, 0.25) is 0 Å². The standard InChI is InChI=1S/C12H16N4S/c1-7(2)11-14-10(8(3)12(17)15-11)9-5-13-16(4)6-9/h5-7H,1-4H3,(H,14,15,17). The van der Waals surface area contributed by atoms with Crippen molar-refractivity contribution in [3.05, 3.63) is 28.4 Å². The zero-order valence-electron chi connectivity index (χ0n) is 10.5. The van der Waals surface area contributed by atoms with E-state index >= 15 is 0 Å². The topological polar surface area (TPSA) is 46.5 Å². The lowest BCUT2D eigenvalue weighted by Gasteiger charge is -2.10. The molecule has 4 nitrogen and oxygen atoms in total. The van der Waals surface area contributed by atoms with Crippen molar-refractivity contribution in [1.82, 2.24) is 19.7 Å². The second-order valence-corrected chi connectivity index (χ2v) is 4.87. The van der Waals surface area contributed by atoms with Gasteiger partial charge in [-0.05, 0) is 6.92 Å². The number of hydrogen-bond donors (Lipinski definition) is 1. The van der Waals surface area contributed by atoms with Crippen molar-refractivity contribution in [3.63, 3.8) is 0 Å². The molecule has 1 N–H and O–H groups in total. The molecule has 17 heavy (non-hydrogen) atoms. The maximum absolute atomic E-state index is 5.30.